The van der Waals surface area contributed by atoms with Crippen LogP contribution in [0.4, 0.5) is 0 Å². The van der Waals surface area contributed by atoms with Gasteiger partial charge in [-0.15, -0.1) is 0 Å². The van der Waals surface area contributed by atoms with Gasteiger partial charge in [-0.3, -0.25) is 7.71 Å². The zero-order valence-electron chi connectivity index (χ0n) is 9.41. The Bertz CT molecular complexity index is 278. The van der Waals surface area contributed by atoms with Crippen molar-refractivity contribution in [3.8, 4) is 0 Å². The van der Waals surface area contributed by atoms with Crippen LogP contribution in [0.2, 0.25) is 0 Å². The number of rotatable bonds is 7. The zero-order chi connectivity index (χ0) is 12.1. The van der Waals surface area contributed by atoms with Crippen LogP contribution >= 0.6 is 22.9 Å². The summed E-state index contributed by atoms with van der Waals surface area (Å²) in [5, 5.41) is 0. The van der Waals surface area contributed by atoms with Crippen molar-refractivity contribution in [3.63, 3.8) is 0 Å². The fourth-order valence-corrected chi connectivity index (χ4v) is 1.64. The molecule has 1 unspecified atom stereocenters. The van der Waals surface area contributed by atoms with Crippen LogP contribution in [0.1, 0.15) is 20.8 Å². The highest BCUT2D eigenvalue weighted by Crippen LogP contribution is 2.06. The van der Waals surface area contributed by atoms with Crippen LogP contribution in [0.15, 0.2) is 0 Å². The molecule has 92 valence electrons. The molecule has 0 rings (SSSR count). The fourth-order valence-electron chi connectivity index (χ4n) is 0.833. The maximum Gasteiger partial charge on any atom is 0.264 e. The number of nitrogens with one attached hydrogen (secondary N) is 1. The molecule has 1 atom stereocenters. The van der Waals surface area contributed by atoms with Gasteiger partial charge in [0.2, 0.25) is 0 Å². The Kier molecular flexibility index (Phi) is 6.57. The molecule has 0 spiro atoms. The van der Waals surface area contributed by atoms with Gasteiger partial charge in [-0.25, -0.2) is 0 Å². The summed E-state index contributed by atoms with van der Waals surface area (Å²) in [6.07, 6.45) is 0.574. The van der Waals surface area contributed by atoms with Crippen molar-refractivity contribution in [3.05, 3.63) is 0 Å². The summed E-state index contributed by atoms with van der Waals surface area (Å²) in [6, 6.07) is 0. The van der Waals surface area contributed by atoms with Crippen molar-refractivity contribution in [2.24, 2.45) is 0 Å². The Morgan fingerprint density at radius 2 is 2.00 bits per heavy atom. The normalized spacial score (nSPS) is 15.3. The van der Waals surface area contributed by atoms with E-state index in [-0.39, 0.29) is 12.1 Å². The summed E-state index contributed by atoms with van der Waals surface area (Å²) >= 11 is 2.05. The molecule has 0 aliphatic heterocycles. The Balaban J connectivity index is 3.78. The second-order valence-corrected chi connectivity index (χ2v) is 6.24. The van der Waals surface area contributed by atoms with Crippen LogP contribution in [0.3, 0.4) is 0 Å². The van der Waals surface area contributed by atoms with Gasteiger partial charge >= 0.3 is 0 Å². The van der Waals surface area contributed by atoms with Crippen molar-refractivity contribution in [2.45, 2.75) is 32.4 Å². The van der Waals surface area contributed by atoms with Crippen LogP contribution in [-0.4, -0.2) is 39.5 Å². The highest BCUT2D eigenvalue weighted by Gasteiger charge is 2.17. The zero-order valence-corrected chi connectivity index (χ0v) is 12.4. The van der Waals surface area contributed by atoms with E-state index in [1.165, 1.54) is 0 Å². The smallest absolute Gasteiger partial charge is 0.264 e. The molecule has 5 nitrogen and oxygen atoms in total. The van der Waals surface area contributed by atoms with Crippen LogP contribution in [0.5, 0.6) is 0 Å². The molecule has 0 fully saturated rings. The van der Waals surface area contributed by atoms with Gasteiger partial charge in [0.25, 0.3) is 10.1 Å². The van der Waals surface area contributed by atoms with Crippen molar-refractivity contribution in [1.29, 1.82) is 0 Å². The molecule has 0 aromatic rings. The maximum atomic E-state index is 10.8. The van der Waals surface area contributed by atoms with E-state index < -0.39 is 16.2 Å². The van der Waals surface area contributed by atoms with Gasteiger partial charge in [0.15, 0.2) is 0 Å². The first-order valence-corrected chi connectivity index (χ1v) is 7.39. The third-order valence-corrected chi connectivity index (χ3v) is 3.55. The van der Waals surface area contributed by atoms with E-state index in [9.17, 15) is 8.42 Å². The Morgan fingerprint density at radius 3 is 2.40 bits per heavy atom. The Labute approximate surface area is 106 Å². The topological polar surface area (TPSA) is 64.6 Å². The summed E-state index contributed by atoms with van der Waals surface area (Å²) in [4.78, 5) is 0. The standard InChI is InChI=1S/C8H18INO4S/c1-7(14-15(4,11)12)5-13-6-8(2,3)10-9/h7,10H,5-6H2,1-4H3. The van der Waals surface area contributed by atoms with Crippen LogP contribution in [-0.2, 0) is 19.0 Å². The average Bonchev–Trinajstić information content (AvgIpc) is 2.00. The summed E-state index contributed by atoms with van der Waals surface area (Å²) in [5.41, 5.74) is -0.134. The Hall–Kier alpha value is 0.560. The lowest BCUT2D eigenvalue weighted by atomic mass is 10.1. The molecule has 0 aliphatic carbocycles. The molecule has 0 aromatic heterocycles. The fraction of sp³-hybridized carbons (Fsp3) is 1.00. The van der Waals surface area contributed by atoms with Crippen molar-refractivity contribution in [1.82, 2.24) is 3.53 Å². The van der Waals surface area contributed by atoms with E-state index in [2.05, 4.69) is 26.4 Å². The minimum atomic E-state index is -3.39. The largest absolute Gasteiger partial charge is 0.377 e. The second kappa shape index (κ2) is 6.33. The molecule has 0 heterocycles. The number of ether oxygens (including phenoxy) is 1. The third kappa shape index (κ3) is 9.49. The third-order valence-electron chi connectivity index (χ3n) is 1.41. The summed E-state index contributed by atoms with van der Waals surface area (Å²) < 4.78 is 34.6. The van der Waals surface area contributed by atoms with E-state index in [4.69, 9.17) is 8.92 Å². The summed E-state index contributed by atoms with van der Waals surface area (Å²) in [5.74, 6) is 0. The van der Waals surface area contributed by atoms with Crippen LogP contribution in [0.25, 0.3) is 0 Å². The molecule has 0 aromatic carbocycles. The number of hydrogen-bond acceptors (Lipinski definition) is 5. The molecular weight excluding hydrogens is 333 g/mol. The van der Waals surface area contributed by atoms with Crippen LogP contribution in [0, 0.1) is 0 Å². The predicted molar refractivity (Wildman–Crippen MR) is 67.4 cm³/mol. The first kappa shape index (κ1) is 15.6. The lowest BCUT2D eigenvalue weighted by molar-refractivity contribution is 0.0397. The quantitative estimate of drug-likeness (QED) is 0.423. The monoisotopic (exact) mass is 351 g/mol. The molecule has 0 amide bonds. The maximum absolute atomic E-state index is 10.8. The van der Waals surface area contributed by atoms with Gasteiger partial charge in [0, 0.05) is 28.4 Å². The number of halogens is 1. The predicted octanol–water partition coefficient (Wildman–Crippen LogP) is 1.09. The lowest BCUT2D eigenvalue weighted by Crippen LogP contribution is -2.38. The molecule has 0 radical (unpaired) electrons. The van der Waals surface area contributed by atoms with Gasteiger partial charge in [-0.05, 0) is 20.8 Å². The van der Waals surface area contributed by atoms with E-state index in [1.54, 1.807) is 6.92 Å². The van der Waals surface area contributed by atoms with Gasteiger partial charge in [-0.2, -0.15) is 8.42 Å². The summed E-state index contributed by atoms with van der Waals surface area (Å²) in [6.45, 7) is 6.39. The van der Waals surface area contributed by atoms with Crippen molar-refractivity contribution >= 4 is 33.0 Å². The first-order chi connectivity index (χ1) is 6.66. The highest BCUT2D eigenvalue weighted by atomic mass is 127. The highest BCUT2D eigenvalue weighted by molar-refractivity contribution is 14.1. The SMILES string of the molecule is CC(COCC(C)(C)NI)OS(C)(=O)=O. The molecule has 0 saturated carbocycles. The van der Waals surface area contributed by atoms with Gasteiger partial charge in [-0.1, -0.05) is 0 Å². The molecule has 0 aliphatic rings. The van der Waals surface area contributed by atoms with Crippen molar-refractivity contribution in [2.75, 3.05) is 19.5 Å². The summed E-state index contributed by atoms with van der Waals surface area (Å²) in [7, 11) is -3.39. The molecule has 15 heavy (non-hydrogen) atoms. The van der Waals surface area contributed by atoms with Gasteiger partial charge in [0.1, 0.15) is 0 Å². The van der Waals surface area contributed by atoms with Crippen LogP contribution < -0.4 is 3.53 Å². The van der Waals surface area contributed by atoms with Crippen molar-refractivity contribution < 1.29 is 17.3 Å². The molecule has 1 N–H and O–H groups in total. The molecular formula is C8H18INO4S. The van der Waals surface area contributed by atoms with Gasteiger partial charge in [0.05, 0.1) is 25.6 Å². The first-order valence-electron chi connectivity index (χ1n) is 4.50. The van der Waals surface area contributed by atoms with Gasteiger partial charge < -0.3 is 4.74 Å². The van der Waals surface area contributed by atoms with E-state index in [0.717, 1.165) is 6.26 Å². The molecule has 0 saturated heterocycles. The van der Waals surface area contributed by atoms with E-state index in [1.807, 2.05) is 13.8 Å². The minimum Gasteiger partial charge on any atom is -0.377 e. The number of hydrogen-bond donors (Lipinski definition) is 1. The second-order valence-electron chi connectivity index (χ2n) is 4.10. The molecule has 7 heteroatoms. The Morgan fingerprint density at radius 1 is 1.47 bits per heavy atom. The minimum absolute atomic E-state index is 0.134. The van der Waals surface area contributed by atoms with E-state index in [0.29, 0.717) is 6.61 Å². The van der Waals surface area contributed by atoms with E-state index >= 15 is 0 Å². The lowest BCUT2D eigenvalue weighted by Gasteiger charge is -2.23. The molecule has 0 bridgehead atoms. The average molecular weight is 351 g/mol.